The van der Waals surface area contributed by atoms with Gasteiger partial charge in [0.2, 0.25) is 0 Å². The Morgan fingerprint density at radius 2 is 0.467 bits per heavy atom. The highest BCUT2D eigenvalue weighted by Gasteiger charge is 2.48. The summed E-state index contributed by atoms with van der Waals surface area (Å²) in [5.74, 6) is 0. The van der Waals surface area contributed by atoms with Gasteiger partial charge in [0.05, 0.1) is 10.8 Å². The van der Waals surface area contributed by atoms with Crippen LogP contribution in [0, 0.1) is 0 Å². The zero-order valence-electron chi connectivity index (χ0n) is 41.4. The number of hydrogen-bond donors (Lipinski definition) is 0. The van der Waals surface area contributed by atoms with E-state index in [9.17, 15) is 0 Å². The van der Waals surface area contributed by atoms with Crippen LogP contribution in [0.25, 0.3) is 55.6 Å². The van der Waals surface area contributed by atoms with Crippen LogP contribution >= 0.6 is 0 Å². The van der Waals surface area contributed by atoms with Crippen LogP contribution in [0.1, 0.15) is 44.5 Å². The molecule has 1 nitrogen and oxygen atoms in total. The number of fused-ring (bicyclic) bond motifs is 6. The molecule has 0 heterocycles. The summed E-state index contributed by atoms with van der Waals surface area (Å²) in [6.07, 6.45) is 0. The predicted octanol–water partition coefficient (Wildman–Crippen LogP) is 18.9. The first-order chi connectivity index (χ1) is 37.2. The van der Waals surface area contributed by atoms with Crippen molar-refractivity contribution in [1.29, 1.82) is 0 Å². The van der Waals surface area contributed by atoms with Crippen molar-refractivity contribution in [2.24, 2.45) is 0 Å². The topological polar surface area (TPSA) is 3.24 Å². The van der Waals surface area contributed by atoms with Gasteiger partial charge in [0.15, 0.2) is 0 Å². The molecule has 1 heteroatoms. The molecule has 12 aromatic rings. The molecule has 0 unspecified atom stereocenters. The third kappa shape index (κ3) is 7.08. The van der Waals surface area contributed by atoms with Crippen molar-refractivity contribution < 1.29 is 0 Å². The van der Waals surface area contributed by atoms with Gasteiger partial charge in [-0.05, 0) is 143 Å². The van der Waals surface area contributed by atoms with E-state index in [4.69, 9.17) is 0 Å². The van der Waals surface area contributed by atoms with Gasteiger partial charge >= 0.3 is 0 Å². The fourth-order valence-electron chi connectivity index (χ4n) is 12.7. The number of benzene rings is 12. The minimum absolute atomic E-state index is 0.553. The maximum atomic E-state index is 2.50. The largest absolute Gasteiger partial charge is 0.310 e. The van der Waals surface area contributed by atoms with Crippen molar-refractivity contribution in [3.05, 3.63) is 354 Å². The van der Waals surface area contributed by atoms with E-state index in [-0.39, 0.29) is 0 Å². The maximum absolute atomic E-state index is 2.50. The molecule has 0 atom stereocenters. The number of anilines is 3. The average molecular weight is 954 g/mol. The molecule has 0 bridgehead atoms. The molecular weight excluding hydrogens is 903 g/mol. The summed E-state index contributed by atoms with van der Waals surface area (Å²) in [6.45, 7) is 0. The van der Waals surface area contributed by atoms with Gasteiger partial charge in [0, 0.05) is 17.1 Å². The first kappa shape index (κ1) is 44.2. The Morgan fingerprint density at radius 1 is 0.187 bits per heavy atom. The van der Waals surface area contributed by atoms with Gasteiger partial charge in [-0.15, -0.1) is 0 Å². The lowest BCUT2D eigenvalue weighted by Crippen LogP contribution is -2.29. The second-order valence-electron chi connectivity index (χ2n) is 19.9. The third-order valence-electron chi connectivity index (χ3n) is 16.1. The molecule has 2 aliphatic carbocycles. The molecule has 0 saturated carbocycles. The van der Waals surface area contributed by atoms with E-state index < -0.39 is 10.8 Å². The molecule has 75 heavy (non-hydrogen) atoms. The number of rotatable bonds is 10. The van der Waals surface area contributed by atoms with Crippen molar-refractivity contribution in [3.8, 4) is 55.6 Å². The Balaban J connectivity index is 0.999. The minimum atomic E-state index is -0.638. The van der Waals surface area contributed by atoms with Crippen molar-refractivity contribution >= 4 is 17.1 Å². The predicted molar refractivity (Wildman–Crippen MR) is 312 cm³/mol. The van der Waals surface area contributed by atoms with Gasteiger partial charge in [-0.2, -0.15) is 0 Å². The highest BCUT2D eigenvalue weighted by Crippen LogP contribution is 2.60. The molecule has 0 N–H and O–H groups in total. The standard InChI is InChI=1S/C74H51N/c1-7-21-52(22-8-1)54-35-37-56(38-36-54)57-41-46-66-68-48-45-64(51-72(68)74(70(66)49-57,60-29-15-5-16-30-60)61-31-17-6-18-32-61)75(62-42-39-55(40-43-62)53-23-9-2-10-24-53)63-44-47-67-65-33-19-20-34-69(65)73(71(67)50-63,58-25-11-3-12-26-58)59-27-13-4-14-28-59/h1-51H. The van der Waals surface area contributed by atoms with Crippen molar-refractivity contribution in [3.63, 3.8) is 0 Å². The van der Waals surface area contributed by atoms with Crippen LogP contribution in [0.3, 0.4) is 0 Å². The average Bonchev–Trinajstić information content (AvgIpc) is 4.05. The lowest BCUT2D eigenvalue weighted by molar-refractivity contribution is 0.767. The van der Waals surface area contributed by atoms with Crippen molar-refractivity contribution in [2.75, 3.05) is 4.90 Å². The van der Waals surface area contributed by atoms with E-state index >= 15 is 0 Å². The van der Waals surface area contributed by atoms with E-state index in [1.54, 1.807) is 0 Å². The van der Waals surface area contributed by atoms with Gasteiger partial charge in [-0.3, -0.25) is 0 Å². The Morgan fingerprint density at radius 3 is 0.907 bits per heavy atom. The molecular formula is C74H51N. The lowest BCUT2D eigenvalue weighted by atomic mass is 9.67. The molecule has 0 fully saturated rings. The van der Waals surface area contributed by atoms with E-state index in [0.717, 1.165) is 17.1 Å². The molecule has 0 spiro atoms. The summed E-state index contributed by atoms with van der Waals surface area (Å²) >= 11 is 0. The smallest absolute Gasteiger partial charge is 0.0714 e. The molecule has 352 valence electrons. The molecule has 0 saturated heterocycles. The second kappa shape index (κ2) is 18.2. The Kier molecular flexibility index (Phi) is 10.7. The van der Waals surface area contributed by atoms with E-state index in [2.05, 4.69) is 314 Å². The third-order valence-corrected chi connectivity index (χ3v) is 16.1. The van der Waals surface area contributed by atoms with E-state index in [0.29, 0.717) is 0 Å². The summed E-state index contributed by atoms with van der Waals surface area (Å²) in [7, 11) is 0. The van der Waals surface area contributed by atoms with Crippen LogP contribution < -0.4 is 4.90 Å². The van der Waals surface area contributed by atoms with Crippen LogP contribution in [-0.4, -0.2) is 0 Å². The Hall–Kier alpha value is -9.56. The Labute approximate surface area is 440 Å². The summed E-state index contributed by atoms with van der Waals surface area (Å²) in [4.78, 5) is 2.49. The van der Waals surface area contributed by atoms with Crippen LogP contribution in [0.5, 0.6) is 0 Å². The van der Waals surface area contributed by atoms with E-state index in [1.807, 2.05) is 0 Å². The molecule has 0 amide bonds. The summed E-state index contributed by atoms with van der Waals surface area (Å²) in [5.41, 5.74) is 24.3. The van der Waals surface area contributed by atoms with Gasteiger partial charge in [-0.1, -0.05) is 267 Å². The van der Waals surface area contributed by atoms with Gasteiger partial charge in [0.1, 0.15) is 0 Å². The zero-order chi connectivity index (χ0) is 49.8. The molecule has 0 aliphatic heterocycles. The summed E-state index contributed by atoms with van der Waals surface area (Å²) in [6, 6.07) is 115. The Bertz CT molecular complexity index is 3920. The SMILES string of the molecule is c1ccc(-c2ccc(-c3ccc4c(c3)C(c3ccccc3)(c3ccccc3)c3cc(N(c5ccc(-c6ccccc6)cc5)c5ccc6c(c5)C(c5ccccc5)(c5ccccc5)c5ccccc5-6)ccc3-4)cc2)cc1. The highest BCUT2D eigenvalue weighted by molar-refractivity contribution is 5.93. The van der Waals surface area contributed by atoms with Crippen molar-refractivity contribution in [2.45, 2.75) is 10.8 Å². The first-order valence-corrected chi connectivity index (χ1v) is 26.1. The van der Waals surface area contributed by atoms with Crippen LogP contribution in [-0.2, 0) is 10.8 Å². The summed E-state index contributed by atoms with van der Waals surface area (Å²) in [5, 5.41) is 0. The molecule has 0 aromatic heterocycles. The van der Waals surface area contributed by atoms with Crippen LogP contribution in [0.2, 0.25) is 0 Å². The maximum Gasteiger partial charge on any atom is 0.0714 e. The minimum Gasteiger partial charge on any atom is -0.310 e. The molecule has 12 aromatic carbocycles. The monoisotopic (exact) mass is 953 g/mol. The quantitative estimate of drug-likeness (QED) is 0.132. The highest BCUT2D eigenvalue weighted by atomic mass is 15.1. The van der Waals surface area contributed by atoms with Gasteiger partial charge in [0.25, 0.3) is 0 Å². The molecule has 0 radical (unpaired) electrons. The van der Waals surface area contributed by atoms with Gasteiger partial charge < -0.3 is 4.90 Å². The summed E-state index contributed by atoms with van der Waals surface area (Å²) < 4.78 is 0. The van der Waals surface area contributed by atoms with Gasteiger partial charge in [-0.25, -0.2) is 0 Å². The van der Waals surface area contributed by atoms with Crippen molar-refractivity contribution in [1.82, 2.24) is 0 Å². The first-order valence-electron chi connectivity index (χ1n) is 26.1. The second-order valence-corrected chi connectivity index (χ2v) is 19.9. The zero-order valence-corrected chi connectivity index (χ0v) is 41.4. The molecule has 2 aliphatic rings. The normalized spacial score (nSPS) is 13.3. The number of hydrogen-bond acceptors (Lipinski definition) is 1. The fraction of sp³-hybridized carbons (Fsp3) is 0.0270. The van der Waals surface area contributed by atoms with E-state index in [1.165, 1.54) is 100 Å². The number of nitrogens with zero attached hydrogens (tertiary/aromatic N) is 1. The lowest BCUT2D eigenvalue weighted by Gasteiger charge is -2.36. The van der Waals surface area contributed by atoms with Crippen LogP contribution in [0.4, 0.5) is 17.1 Å². The fourth-order valence-corrected chi connectivity index (χ4v) is 12.7. The van der Waals surface area contributed by atoms with Crippen LogP contribution in [0.15, 0.2) is 309 Å². The molecule has 14 rings (SSSR count).